The first-order valence-corrected chi connectivity index (χ1v) is 15.5. The molecule has 0 radical (unpaired) electrons. The number of hydrogen-bond acceptors (Lipinski definition) is 9. The highest BCUT2D eigenvalue weighted by Crippen LogP contribution is 2.38. The van der Waals surface area contributed by atoms with E-state index in [9.17, 15) is 18.9 Å². The number of rotatable bonds is 9. The zero-order chi connectivity index (χ0) is 30.2. The average molecular weight is 584 g/mol. The van der Waals surface area contributed by atoms with Crippen LogP contribution >= 0.6 is 0 Å². The minimum absolute atomic E-state index is 0.0567. The van der Waals surface area contributed by atoms with E-state index in [1.165, 1.54) is 17.5 Å². The van der Waals surface area contributed by atoms with Gasteiger partial charge in [0.2, 0.25) is 10.0 Å². The molecule has 2 heterocycles. The van der Waals surface area contributed by atoms with Crippen LogP contribution in [0.25, 0.3) is 10.9 Å². The standard InChI is InChI=1S/C30H33N9O2S/c1-30(2,3)18-34-27-21(15-32)16-33-29-24(27)11-19(14-31)12-25(29)35-28(26-17-39(37-36-26)22-9-10-22)20-7-6-8-23(13-20)38(4)42(5,40)41/h6-8,11-13,16-17,22,28,35H,9-10,18H2,1-5H3,(H,33,34)/t28-/m0/s1. The molecule has 1 saturated carbocycles. The lowest BCUT2D eigenvalue weighted by Crippen LogP contribution is -2.25. The fourth-order valence-corrected chi connectivity index (χ4v) is 5.12. The van der Waals surface area contributed by atoms with Crippen molar-refractivity contribution < 1.29 is 8.42 Å². The Morgan fingerprint density at radius 2 is 1.93 bits per heavy atom. The second-order valence-electron chi connectivity index (χ2n) is 11.9. The van der Waals surface area contributed by atoms with E-state index < -0.39 is 16.1 Å². The summed E-state index contributed by atoms with van der Waals surface area (Å²) in [5.74, 6) is 0. The first-order valence-electron chi connectivity index (χ1n) is 13.6. The second kappa shape index (κ2) is 11.0. The second-order valence-corrected chi connectivity index (χ2v) is 13.9. The van der Waals surface area contributed by atoms with E-state index in [0.717, 1.165) is 24.7 Å². The van der Waals surface area contributed by atoms with Crippen molar-refractivity contribution in [3.63, 3.8) is 0 Å². The summed E-state index contributed by atoms with van der Waals surface area (Å²) in [6, 6.07) is 14.9. The van der Waals surface area contributed by atoms with Gasteiger partial charge in [0.25, 0.3) is 0 Å². The largest absolute Gasteiger partial charge is 0.383 e. The summed E-state index contributed by atoms with van der Waals surface area (Å²) >= 11 is 0. The van der Waals surface area contributed by atoms with Crippen LogP contribution in [0.5, 0.6) is 0 Å². The number of nitrogens with one attached hydrogen (secondary N) is 2. The summed E-state index contributed by atoms with van der Waals surface area (Å²) in [6.45, 7) is 6.89. The van der Waals surface area contributed by atoms with Crippen LogP contribution in [0.4, 0.5) is 17.1 Å². The Bertz CT molecular complexity index is 1840. The van der Waals surface area contributed by atoms with Crippen LogP contribution in [-0.4, -0.2) is 48.2 Å². The topological polar surface area (TPSA) is 153 Å². The molecule has 0 saturated heterocycles. The SMILES string of the molecule is CN(c1cccc([C@H](Nc2cc(C#N)cc3c(NCC(C)(C)C)c(C#N)cnc23)c2cn(C3CC3)nn2)c1)S(C)(=O)=O. The van der Waals surface area contributed by atoms with Gasteiger partial charge in [-0.2, -0.15) is 10.5 Å². The van der Waals surface area contributed by atoms with Crippen LogP contribution in [-0.2, 0) is 10.0 Å². The maximum absolute atomic E-state index is 12.3. The van der Waals surface area contributed by atoms with E-state index in [0.29, 0.717) is 57.4 Å². The number of nitrogens with zero attached hydrogens (tertiary/aromatic N) is 7. The normalized spacial score (nSPS) is 14.2. The molecular formula is C30H33N9O2S. The van der Waals surface area contributed by atoms with Gasteiger partial charge in [-0.1, -0.05) is 38.1 Å². The monoisotopic (exact) mass is 583 g/mol. The molecule has 11 nitrogen and oxygen atoms in total. The van der Waals surface area contributed by atoms with E-state index in [1.807, 2.05) is 16.9 Å². The first-order chi connectivity index (χ1) is 19.9. The Balaban J connectivity index is 1.65. The van der Waals surface area contributed by atoms with E-state index in [-0.39, 0.29) is 5.41 Å². The summed E-state index contributed by atoms with van der Waals surface area (Å²) in [5, 5.41) is 36.2. The van der Waals surface area contributed by atoms with Crippen molar-refractivity contribution in [2.75, 3.05) is 34.8 Å². The summed E-state index contributed by atoms with van der Waals surface area (Å²) in [6.07, 6.45) is 6.67. The smallest absolute Gasteiger partial charge is 0.231 e. The molecule has 1 fully saturated rings. The number of fused-ring (bicyclic) bond motifs is 1. The minimum Gasteiger partial charge on any atom is -0.383 e. The molecule has 2 N–H and O–H groups in total. The Morgan fingerprint density at radius 3 is 2.57 bits per heavy atom. The Morgan fingerprint density at radius 1 is 1.17 bits per heavy atom. The first kappa shape index (κ1) is 28.8. The Labute approximate surface area is 245 Å². The van der Waals surface area contributed by atoms with E-state index >= 15 is 0 Å². The lowest BCUT2D eigenvalue weighted by molar-refractivity contribution is 0.443. The molecule has 2 aromatic heterocycles. The van der Waals surface area contributed by atoms with Crippen molar-refractivity contribution in [3.05, 3.63) is 71.2 Å². The van der Waals surface area contributed by atoms with Crippen molar-refractivity contribution in [2.45, 2.75) is 45.7 Å². The highest BCUT2D eigenvalue weighted by Gasteiger charge is 2.28. The van der Waals surface area contributed by atoms with Gasteiger partial charge in [-0.15, -0.1) is 5.10 Å². The Kier molecular flexibility index (Phi) is 7.52. The molecule has 5 rings (SSSR count). The Hall–Kier alpha value is -4.68. The zero-order valence-corrected chi connectivity index (χ0v) is 25.1. The number of aromatic nitrogens is 4. The molecule has 4 aromatic rings. The molecule has 216 valence electrons. The lowest BCUT2D eigenvalue weighted by atomic mass is 9.96. The van der Waals surface area contributed by atoms with E-state index in [4.69, 9.17) is 0 Å². The van der Waals surface area contributed by atoms with Gasteiger partial charge >= 0.3 is 0 Å². The molecule has 0 aliphatic heterocycles. The summed E-state index contributed by atoms with van der Waals surface area (Å²) in [5.41, 5.74) is 4.37. The van der Waals surface area contributed by atoms with Crippen LogP contribution < -0.4 is 14.9 Å². The van der Waals surface area contributed by atoms with Crippen LogP contribution in [0.1, 0.15) is 68.1 Å². The maximum atomic E-state index is 12.3. The van der Waals surface area contributed by atoms with Gasteiger partial charge in [0.05, 0.1) is 64.3 Å². The average Bonchev–Trinajstić information content (AvgIpc) is 3.69. The number of hydrogen-bond donors (Lipinski definition) is 2. The fourth-order valence-electron chi connectivity index (χ4n) is 4.62. The third-order valence-corrected chi connectivity index (χ3v) is 8.33. The van der Waals surface area contributed by atoms with Gasteiger partial charge in [-0.05, 0) is 48.1 Å². The molecule has 12 heteroatoms. The zero-order valence-electron chi connectivity index (χ0n) is 24.3. The van der Waals surface area contributed by atoms with Gasteiger partial charge in [0.1, 0.15) is 11.8 Å². The third kappa shape index (κ3) is 6.14. The van der Waals surface area contributed by atoms with Gasteiger partial charge in [-0.25, -0.2) is 13.1 Å². The molecule has 1 atom stereocenters. The lowest BCUT2D eigenvalue weighted by Gasteiger charge is -2.24. The predicted molar refractivity (Wildman–Crippen MR) is 163 cm³/mol. The molecule has 1 aliphatic rings. The van der Waals surface area contributed by atoms with Crippen LogP contribution in [0.15, 0.2) is 48.8 Å². The van der Waals surface area contributed by atoms with Crippen molar-refractivity contribution in [1.29, 1.82) is 10.5 Å². The van der Waals surface area contributed by atoms with Gasteiger partial charge < -0.3 is 10.6 Å². The van der Waals surface area contributed by atoms with E-state index in [1.54, 1.807) is 30.3 Å². The van der Waals surface area contributed by atoms with Crippen LogP contribution in [0.3, 0.4) is 0 Å². The van der Waals surface area contributed by atoms with Crippen molar-refractivity contribution >= 4 is 38.0 Å². The number of sulfonamides is 1. The molecule has 0 unspecified atom stereocenters. The van der Waals surface area contributed by atoms with Crippen LogP contribution in [0, 0.1) is 28.1 Å². The fraction of sp³-hybridized carbons (Fsp3) is 0.367. The van der Waals surface area contributed by atoms with Crippen molar-refractivity contribution in [1.82, 2.24) is 20.0 Å². The predicted octanol–water partition coefficient (Wildman–Crippen LogP) is 4.96. The molecular weight excluding hydrogens is 550 g/mol. The number of pyridine rings is 1. The number of benzene rings is 2. The van der Waals surface area contributed by atoms with E-state index in [2.05, 4.69) is 58.8 Å². The van der Waals surface area contributed by atoms with Crippen molar-refractivity contribution in [3.8, 4) is 12.1 Å². The molecule has 1 aliphatic carbocycles. The highest BCUT2D eigenvalue weighted by molar-refractivity contribution is 7.92. The van der Waals surface area contributed by atoms with Crippen molar-refractivity contribution in [2.24, 2.45) is 5.41 Å². The highest BCUT2D eigenvalue weighted by atomic mass is 32.2. The molecule has 42 heavy (non-hydrogen) atoms. The number of anilines is 3. The summed E-state index contributed by atoms with van der Waals surface area (Å²) in [4.78, 5) is 4.63. The van der Waals surface area contributed by atoms with Gasteiger partial charge in [-0.3, -0.25) is 9.29 Å². The van der Waals surface area contributed by atoms with Crippen LogP contribution in [0.2, 0.25) is 0 Å². The molecule has 0 bridgehead atoms. The summed E-state index contributed by atoms with van der Waals surface area (Å²) in [7, 11) is -1.98. The third-order valence-electron chi connectivity index (χ3n) is 7.13. The quantitative estimate of drug-likeness (QED) is 0.278. The molecule has 0 amide bonds. The van der Waals surface area contributed by atoms with Gasteiger partial charge in [0.15, 0.2) is 0 Å². The molecule has 2 aromatic carbocycles. The minimum atomic E-state index is -3.48. The molecule has 0 spiro atoms. The summed E-state index contributed by atoms with van der Waals surface area (Å²) < 4.78 is 27.7. The number of nitriles is 2. The maximum Gasteiger partial charge on any atom is 0.231 e. The van der Waals surface area contributed by atoms with Gasteiger partial charge in [0, 0.05) is 25.2 Å².